The highest BCUT2D eigenvalue weighted by atomic mass is 32.2. The van der Waals surface area contributed by atoms with Crippen LogP contribution in [0.5, 0.6) is 0 Å². The number of aliphatic hydroxyl groups excluding tert-OH is 1. The Labute approximate surface area is 133 Å². The number of hydrogen-bond acceptors (Lipinski definition) is 5. The topological polar surface area (TPSA) is 80.3 Å². The molecular weight excluding hydrogens is 302 g/mol. The minimum absolute atomic E-state index is 0.0862. The molecule has 7 heteroatoms. The fraction of sp³-hybridized carbons (Fsp3) is 0.467. The molecule has 0 saturated carbocycles. The molecule has 1 amide bonds. The number of rotatable bonds is 6. The van der Waals surface area contributed by atoms with Gasteiger partial charge < -0.3 is 19.4 Å². The summed E-state index contributed by atoms with van der Waals surface area (Å²) >= 11 is 1.37. The van der Waals surface area contributed by atoms with E-state index in [-0.39, 0.29) is 23.8 Å². The summed E-state index contributed by atoms with van der Waals surface area (Å²) < 4.78 is 7.23. The van der Waals surface area contributed by atoms with Gasteiger partial charge in [0.05, 0.1) is 18.6 Å². The average Bonchev–Trinajstić information content (AvgIpc) is 3.12. The Morgan fingerprint density at radius 3 is 2.91 bits per heavy atom. The molecule has 0 aliphatic carbocycles. The van der Waals surface area contributed by atoms with Gasteiger partial charge in [-0.15, -0.1) is 0 Å². The number of furan rings is 1. The van der Waals surface area contributed by atoms with Crippen LogP contribution in [0.2, 0.25) is 0 Å². The summed E-state index contributed by atoms with van der Waals surface area (Å²) in [4.78, 5) is 16.3. The van der Waals surface area contributed by atoms with E-state index in [1.807, 2.05) is 10.8 Å². The standard InChI is InChI=1S/C15H21N3O3S/c1-15(2,3)18-7-6-16-14(18)22-10-13(20)17-11(9-19)12-5-4-8-21-12/h4-8,11,19H,9-10H2,1-3H3,(H,17,20). The van der Waals surface area contributed by atoms with Crippen molar-refractivity contribution >= 4 is 17.7 Å². The molecule has 120 valence electrons. The van der Waals surface area contributed by atoms with Crippen molar-refractivity contribution in [3.63, 3.8) is 0 Å². The van der Waals surface area contributed by atoms with Crippen LogP contribution in [0.1, 0.15) is 32.6 Å². The van der Waals surface area contributed by atoms with Crippen molar-refractivity contribution in [3.8, 4) is 0 Å². The third-order valence-electron chi connectivity index (χ3n) is 3.07. The van der Waals surface area contributed by atoms with Crippen LogP contribution in [0.15, 0.2) is 40.4 Å². The van der Waals surface area contributed by atoms with Crippen LogP contribution in [0.3, 0.4) is 0 Å². The fourth-order valence-corrected chi connectivity index (χ4v) is 2.92. The maximum atomic E-state index is 12.0. The van der Waals surface area contributed by atoms with Crippen LogP contribution in [0.25, 0.3) is 0 Å². The highest BCUT2D eigenvalue weighted by molar-refractivity contribution is 7.99. The van der Waals surface area contributed by atoms with Gasteiger partial charge in [0.2, 0.25) is 5.91 Å². The molecule has 6 nitrogen and oxygen atoms in total. The smallest absolute Gasteiger partial charge is 0.231 e. The molecule has 1 unspecified atom stereocenters. The molecule has 0 aliphatic rings. The predicted octanol–water partition coefficient (Wildman–Crippen LogP) is 2.17. The van der Waals surface area contributed by atoms with Gasteiger partial charge in [-0.05, 0) is 32.9 Å². The van der Waals surface area contributed by atoms with E-state index in [0.29, 0.717) is 5.76 Å². The van der Waals surface area contributed by atoms with Crippen LogP contribution >= 0.6 is 11.8 Å². The van der Waals surface area contributed by atoms with E-state index < -0.39 is 6.04 Å². The third-order valence-corrected chi connectivity index (χ3v) is 4.03. The van der Waals surface area contributed by atoms with E-state index in [1.54, 1.807) is 18.3 Å². The second kappa shape index (κ2) is 7.02. The van der Waals surface area contributed by atoms with E-state index in [9.17, 15) is 9.90 Å². The number of carbonyl (C=O) groups is 1. The first-order chi connectivity index (χ1) is 10.4. The van der Waals surface area contributed by atoms with Gasteiger partial charge in [-0.25, -0.2) is 4.98 Å². The zero-order valence-corrected chi connectivity index (χ0v) is 13.8. The van der Waals surface area contributed by atoms with Gasteiger partial charge in [0.15, 0.2) is 5.16 Å². The Morgan fingerprint density at radius 2 is 2.32 bits per heavy atom. The summed E-state index contributed by atoms with van der Waals surface area (Å²) in [7, 11) is 0. The van der Waals surface area contributed by atoms with E-state index in [4.69, 9.17) is 4.42 Å². The zero-order valence-electron chi connectivity index (χ0n) is 12.9. The molecule has 1 atom stereocenters. The molecular formula is C15H21N3O3S. The molecule has 2 rings (SSSR count). The summed E-state index contributed by atoms with van der Waals surface area (Å²) in [6.07, 6.45) is 5.14. The summed E-state index contributed by atoms with van der Waals surface area (Å²) in [5, 5.41) is 12.9. The minimum atomic E-state index is -0.523. The zero-order chi connectivity index (χ0) is 16.2. The summed E-state index contributed by atoms with van der Waals surface area (Å²) in [5.41, 5.74) is -0.0862. The largest absolute Gasteiger partial charge is 0.467 e. The minimum Gasteiger partial charge on any atom is -0.467 e. The maximum absolute atomic E-state index is 12.0. The number of nitrogens with zero attached hydrogens (tertiary/aromatic N) is 2. The van der Waals surface area contributed by atoms with Gasteiger partial charge >= 0.3 is 0 Å². The molecule has 0 saturated heterocycles. The summed E-state index contributed by atoms with van der Waals surface area (Å²) in [6.45, 7) is 6.03. The number of imidazole rings is 1. The van der Waals surface area contributed by atoms with Crippen LogP contribution in [-0.2, 0) is 10.3 Å². The molecule has 2 N–H and O–H groups in total. The Hall–Kier alpha value is -1.73. The first-order valence-corrected chi connectivity index (χ1v) is 8.00. The van der Waals surface area contributed by atoms with Crippen molar-refractivity contribution in [2.24, 2.45) is 0 Å². The molecule has 0 fully saturated rings. The number of amides is 1. The normalized spacial score (nSPS) is 13.1. The molecule has 2 aromatic rings. The van der Waals surface area contributed by atoms with Crippen molar-refractivity contribution in [2.45, 2.75) is 37.5 Å². The van der Waals surface area contributed by atoms with Crippen molar-refractivity contribution in [2.75, 3.05) is 12.4 Å². The lowest BCUT2D eigenvalue weighted by atomic mass is 10.1. The molecule has 0 spiro atoms. The number of carbonyl (C=O) groups excluding carboxylic acids is 1. The Balaban J connectivity index is 1.92. The molecule has 0 radical (unpaired) electrons. The lowest BCUT2D eigenvalue weighted by molar-refractivity contribution is -0.119. The molecule has 0 aromatic carbocycles. The van der Waals surface area contributed by atoms with Crippen molar-refractivity contribution < 1.29 is 14.3 Å². The number of nitrogens with one attached hydrogen (secondary N) is 1. The number of thioether (sulfide) groups is 1. The monoisotopic (exact) mass is 323 g/mol. The first kappa shape index (κ1) is 16.6. The lowest BCUT2D eigenvalue weighted by Crippen LogP contribution is -2.32. The lowest BCUT2D eigenvalue weighted by Gasteiger charge is -2.23. The van der Waals surface area contributed by atoms with Gasteiger partial charge in [-0.1, -0.05) is 11.8 Å². The Bertz CT molecular complexity index is 602. The first-order valence-electron chi connectivity index (χ1n) is 7.02. The highest BCUT2D eigenvalue weighted by Crippen LogP contribution is 2.23. The maximum Gasteiger partial charge on any atom is 0.231 e. The summed E-state index contributed by atoms with van der Waals surface area (Å²) in [6, 6.07) is 2.92. The Morgan fingerprint density at radius 1 is 1.55 bits per heavy atom. The number of aliphatic hydroxyl groups is 1. The Kier molecular flexibility index (Phi) is 5.31. The average molecular weight is 323 g/mol. The van der Waals surface area contributed by atoms with Crippen LogP contribution < -0.4 is 5.32 Å². The fourth-order valence-electron chi connectivity index (χ4n) is 1.97. The van der Waals surface area contributed by atoms with Gasteiger partial charge in [-0.3, -0.25) is 4.79 Å². The van der Waals surface area contributed by atoms with Crippen molar-refractivity contribution in [3.05, 3.63) is 36.5 Å². The quantitative estimate of drug-likeness (QED) is 0.796. The van der Waals surface area contributed by atoms with E-state index in [1.165, 1.54) is 18.0 Å². The third kappa shape index (κ3) is 4.14. The molecule has 0 bridgehead atoms. The van der Waals surface area contributed by atoms with Gasteiger partial charge in [0.1, 0.15) is 11.8 Å². The van der Waals surface area contributed by atoms with Crippen LogP contribution in [0.4, 0.5) is 0 Å². The predicted molar refractivity (Wildman–Crippen MR) is 84.6 cm³/mol. The SMILES string of the molecule is CC(C)(C)n1ccnc1SCC(=O)NC(CO)c1ccco1. The van der Waals surface area contributed by atoms with Crippen molar-refractivity contribution in [1.29, 1.82) is 0 Å². The van der Waals surface area contributed by atoms with Gasteiger partial charge in [0.25, 0.3) is 0 Å². The second-order valence-electron chi connectivity index (χ2n) is 5.86. The van der Waals surface area contributed by atoms with Gasteiger partial charge in [-0.2, -0.15) is 0 Å². The molecule has 22 heavy (non-hydrogen) atoms. The van der Waals surface area contributed by atoms with E-state index in [0.717, 1.165) is 5.16 Å². The number of hydrogen-bond donors (Lipinski definition) is 2. The highest BCUT2D eigenvalue weighted by Gasteiger charge is 2.19. The summed E-state index contributed by atoms with van der Waals surface area (Å²) in [5.74, 6) is 0.588. The van der Waals surface area contributed by atoms with Crippen LogP contribution in [-0.4, -0.2) is 32.9 Å². The van der Waals surface area contributed by atoms with E-state index in [2.05, 4.69) is 31.1 Å². The van der Waals surface area contributed by atoms with E-state index >= 15 is 0 Å². The van der Waals surface area contributed by atoms with Crippen molar-refractivity contribution in [1.82, 2.24) is 14.9 Å². The number of aromatic nitrogens is 2. The molecule has 2 aromatic heterocycles. The molecule has 0 aliphatic heterocycles. The van der Waals surface area contributed by atoms with Gasteiger partial charge in [0, 0.05) is 17.9 Å². The second-order valence-corrected chi connectivity index (χ2v) is 6.80. The van der Waals surface area contributed by atoms with Crippen LogP contribution in [0, 0.1) is 0 Å². The molecule has 2 heterocycles.